The fraction of sp³-hybridized carbons (Fsp3) is 0.263. The highest BCUT2D eigenvalue weighted by atomic mass is 35.5. The first-order valence-electron chi connectivity index (χ1n) is 7.97. The summed E-state index contributed by atoms with van der Waals surface area (Å²) in [5.74, 6) is -0.991. The quantitative estimate of drug-likeness (QED) is 0.819. The van der Waals surface area contributed by atoms with E-state index in [4.69, 9.17) is 16.7 Å². The van der Waals surface area contributed by atoms with E-state index in [1.165, 1.54) is 30.7 Å². The number of aromatic carboxylic acids is 1. The van der Waals surface area contributed by atoms with Gasteiger partial charge in [0.1, 0.15) is 0 Å². The van der Waals surface area contributed by atoms with Gasteiger partial charge in [-0.1, -0.05) is 17.7 Å². The van der Waals surface area contributed by atoms with Gasteiger partial charge in [0.2, 0.25) is 0 Å². The molecule has 0 atom stereocenters. The number of rotatable bonds is 4. The molecule has 1 heterocycles. The number of carboxylic acids is 1. The molecule has 0 radical (unpaired) electrons. The predicted octanol–water partition coefficient (Wildman–Crippen LogP) is 4.70. The van der Waals surface area contributed by atoms with Gasteiger partial charge in [0.25, 0.3) is 0 Å². The summed E-state index contributed by atoms with van der Waals surface area (Å²) in [7, 11) is 0. The topological polar surface area (TPSA) is 52.9 Å². The number of benzene rings is 2. The van der Waals surface area contributed by atoms with E-state index in [9.17, 15) is 4.79 Å². The minimum absolute atomic E-state index is 0.174. The van der Waals surface area contributed by atoms with Crippen LogP contribution >= 0.6 is 11.6 Å². The number of halogens is 1. The third kappa shape index (κ3) is 3.60. The molecule has 2 aromatic rings. The van der Waals surface area contributed by atoms with Gasteiger partial charge in [-0.2, -0.15) is 0 Å². The second-order valence-corrected chi connectivity index (χ2v) is 6.37. The van der Waals surface area contributed by atoms with Crippen LogP contribution in [0.1, 0.15) is 34.3 Å². The van der Waals surface area contributed by atoms with E-state index >= 15 is 0 Å². The zero-order chi connectivity index (χ0) is 17.1. The van der Waals surface area contributed by atoms with Crippen LogP contribution in [0, 0.1) is 6.92 Å². The molecule has 124 valence electrons. The van der Waals surface area contributed by atoms with Crippen molar-refractivity contribution in [3.8, 4) is 0 Å². The predicted molar refractivity (Wildman–Crippen MR) is 98.3 cm³/mol. The molecule has 5 heteroatoms. The van der Waals surface area contributed by atoms with Crippen LogP contribution in [0.25, 0.3) is 0 Å². The lowest BCUT2D eigenvalue weighted by molar-refractivity contribution is 0.0697. The van der Waals surface area contributed by atoms with Crippen molar-refractivity contribution in [2.45, 2.75) is 19.8 Å². The maximum absolute atomic E-state index is 11.1. The Kier molecular flexibility index (Phi) is 4.86. The summed E-state index contributed by atoms with van der Waals surface area (Å²) in [5.41, 5.74) is 4.00. The Labute approximate surface area is 146 Å². The molecule has 0 unspecified atom stereocenters. The van der Waals surface area contributed by atoms with Crippen LogP contribution in [0.15, 0.2) is 41.4 Å². The third-order valence-corrected chi connectivity index (χ3v) is 4.58. The zero-order valence-corrected chi connectivity index (χ0v) is 14.3. The lowest BCUT2D eigenvalue weighted by atomic mass is 10.1. The first kappa shape index (κ1) is 16.5. The number of hydrogen-bond acceptors (Lipinski definition) is 3. The smallest absolute Gasteiger partial charge is 0.335 e. The van der Waals surface area contributed by atoms with E-state index < -0.39 is 5.97 Å². The van der Waals surface area contributed by atoms with Gasteiger partial charge < -0.3 is 10.0 Å². The number of carbonyl (C=O) groups is 1. The average Bonchev–Trinajstić information content (AvgIpc) is 3.09. The Morgan fingerprint density at radius 3 is 2.62 bits per heavy atom. The molecule has 0 aliphatic carbocycles. The second-order valence-electron chi connectivity index (χ2n) is 5.96. The first-order chi connectivity index (χ1) is 11.5. The van der Waals surface area contributed by atoms with Crippen molar-refractivity contribution < 1.29 is 9.90 Å². The van der Waals surface area contributed by atoms with Gasteiger partial charge >= 0.3 is 5.97 Å². The lowest BCUT2D eigenvalue weighted by Crippen LogP contribution is -2.17. The summed E-state index contributed by atoms with van der Waals surface area (Å²) < 4.78 is 0. The number of carboxylic acid groups (broad SMARTS) is 1. The summed E-state index contributed by atoms with van der Waals surface area (Å²) >= 11 is 6.10. The fourth-order valence-corrected chi connectivity index (χ4v) is 3.03. The van der Waals surface area contributed by atoms with Crippen LogP contribution in [0.4, 0.5) is 11.4 Å². The van der Waals surface area contributed by atoms with E-state index in [1.54, 1.807) is 12.3 Å². The van der Waals surface area contributed by atoms with Crippen LogP contribution in [0.3, 0.4) is 0 Å². The molecular formula is C19H19ClN2O2. The highest BCUT2D eigenvalue weighted by Crippen LogP contribution is 2.27. The minimum atomic E-state index is -0.991. The van der Waals surface area contributed by atoms with Gasteiger partial charge in [0, 0.05) is 25.0 Å². The standard InChI is InChI=1S/C19H19ClN2O2/c1-13-10-16(22-8-2-3-9-22)6-4-15(13)12-21-18-11-14(19(23)24)5-7-17(18)20/h4-7,10-12H,2-3,8-9H2,1H3,(H,23,24). The Bertz CT molecular complexity index is 796. The molecule has 0 spiro atoms. The van der Waals surface area contributed by atoms with Crippen molar-refractivity contribution in [2.75, 3.05) is 18.0 Å². The molecule has 0 bridgehead atoms. The van der Waals surface area contributed by atoms with Crippen molar-refractivity contribution in [3.63, 3.8) is 0 Å². The fourth-order valence-electron chi connectivity index (χ4n) is 2.86. The van der Waals surface area contributed by atoms with Crippen molar-refractivity contribution in [1.29, 1.82) is 0 Å². The third-order valence-electron chi connectivity index (χ3n) is 4.26. The summed E-state index contributed by atoms with van der Waals surface area (Å²) in [4.78, 5) is 17.8. The molecule has 1 aliphatic heterocycles. The van der Waals surface area contributed by atoms with Gasteiger partial charge in [-0.3, -0.25) is 4.99 Å². The van der Waals surface area contributed by atoms with Crippen molar-refractivity contribution in [3.05, 3.63) is 58.1 Å². The summed E-state index contributed by atoms with van der Waals surface area (Å²) in [6.45, 7) is 4.28. The molecule has 2 aromatic carbocycles. The normalized spacial score (nSPS) is 14.5. The number of nitrogens with zero attached hydrogens (tertiary/aromatic N) is 2. The Hall–Kier alpha value is -2.33. The summed E-state index contributed by atoms with van der Waals surface area (Å²) in [6.07, 6.45) is 4.23. The number of aryl methyl sites for hydroxylation is 1. The average molecular weight is 343 g/mol. The van der Waals surface area contributed by atoms with E-state index in [0.29, 0.717) is 10.7 Å². The highest BCUT2D eigenvalue weighted by molar-refractivity contribution is 6.33. The summed E-state index contributed by atoms with van der Waals surface area (Å²) in [6, 6.07) is 10.8. The van der Waals surface area contributed by atoms with Crippen LogP contribution < -0.4 is 4.90 Å². The molecule has 24 heavy (non-hydrogen) atoms. The SMILES string of the molecule is Cc1cc(N2CCCC2)ccc1C=Nc1cc(C(=O)O)ccc1Cl. The molecule has 1 aliphatic rings. The largest absolute Gasteiger partial charge is 0.478 e. The number of anilines is 1. The van der Waals surface area contributed by atoms with Crippen LogP contribution in [-0.2, 0) is 0 Å². The maximum atomic E-state index is 11.1. The van der Waals surface area contributed by atoms with E-state index in [-0.39, 0.29) is 5.56 Å². The van der Waals surface area contributed by atoms with Gasteiger partial charge in [-0.15, -0.1) is 0 Å². The van der Waals surface area contributed by atoms with Crippen LogP contribution in [0.2, 0.25) is 5.02 Å². The van der Waals surface area contributed by atoms with Gasteiger partial charge in [-0.25, -0.2) is 4.79 Å². The molecule has 1 saturated heterocycles. The number of hydrogen-bond donors (Lipinski definition) is 1. The number of aliphatic imine (C=N–C) groups is 1. The Morgan fingerprint density at radius 1 is 1.21 bits per heavy atom. The minimum Gasteiger partial charge on any atom is -0.478 e. The molecular weight excluding hydrogens is 324 g/mol. The van der Waals surface area contributed by atoms with E-state index in [2.05, 4.69) is 28.9 Å². The van der Waals surface area contributed by atoms with E-state index in [1.807, 2.05) is 6.07 Å². The van der Waals surface area contributed by atoms with Crippen molar-refractivity contribution >= 4 is 35.2 Å². The molecule has 0 saturated carbocycles. The molecule has 3 rings (SSSR count). The first-order valence-corrected chi connectivity index (χ1v) is 8.35. The molecule has 0 amide bonds. The lowest BCUT2D eigenvalue weighted by Gasteiger charge is -2.18. The van der Waals surface area contributed by atoms with Gasteiger partial charge in [0.15, 0.2) is 0 Å². The monoisotopic (exact) mass is 342 g/mol. The molecule has 4 nitrogen and oxygen atoms in total. The highest BCUT2D eigenvalue weighted by Gasteiger charge is 2.12. The molecule has 1 fully saturated rings. The zero-order valence-electron chi connectivity index (χ0n) is 13.5. The maximum Gasteiger partial charge on any atom is 0.335 e. The summed E-state index contributed by atoms with van der Waals surface area (Å²) in [5, 5.41) is 9.50. The van der Waals surface area contributed by atoms with Crippen molar-refractivity contribution in [2.24, 2.45) is 4.99 Å². The van der Waals surface area contributed by atoms with Crippen LogP contribution in [-0.4, -0.2) is 30.4 Å². The van der Waals surface area contributed by atoms with E-state index in [0.717, 1.165) is 24.2 Å². The van der Waals surface area contributed by atoms with Crippen molar-refractivity contribution in [1.82, 2.24) is 0 Å². The van der Waals surface area contributed by atoms with Crippen LogP contribution in [0.5, 0.6) is 0 Å². The molecule has 1 N–H and O–H groups in total. The Balaban J connectivity index is 1.84. The Morgan fingerprint density at radius 2 is 1.96 bits per heavy atom. The molecule has 0 aromatic heterocycles. The second kappa shape index (κ2) is 7.05. The van der Waals surface area contributed by atoms with Gasteiger partial charge in [-0.05, 0) is 61.2 Å². The van der Waals surface area contributed by atoms with Gasteiger partial charge in [0.05, 0.1) is 16.3 Å².